The van der Waals surface area contributed by atoms with Crippen LogP contribution in [0.15, 0.2) is 0 Å². The summed E-state index contributed by atoms with van der Waals surface area (Å²) in [4.78, 5) is 10.6. The standard InChI is InChI=1S/C6H10FNO/c7-5-2-1-3-8-4-6(5)9/h5,8H,1-4H2/t5-/m0/s1. The predicted molar refractivity (Wildman–Crippen MR) is 32.0 cm³/mol. The average molecular weight is 131 g/mol. The average Bonchev–Trinajstić information content (AvgIpc) is 1.99. The van der Waals surface area contributed by atoms with Gasteiger partial charge in [0.25, 0.3) is 0 Å². The summed E-state index contributed by atoms with van der Waals surface area (Å²) in [6.45, 7) is 0.979. The minimum absolute atomic E-state index is 0.209. The van der Waals surface area contributed by atoms with E-state index < -0.39 is 6.17 Å². The second-order valence-corrected chi connectivity index (χ2v) is 2.25. The summed E-state index contributed by atoms with van der Waals surface area (Å²) in [6, 6.07) is 0. The van der Waals surface area contributed by atoms with Crippen molar-refractivity contribution in [3.63, 3.8) is 0 Å². The van der Waals surface area contributed by atoms with E-state index in [9.17, 15) is 9.18 Å². The Hall–Kier alpha value is -0.440. The molecule has 1 aliphatic rings. The first-order valence-corrected chi connectivity index (χ1v) is 3.18. The van der Waals surface area contributed by atoms with Crippen LogP contribution in [0.3, 0.4) is 0 Å². The molecule has 0 spiro atoms. The topological polar surface area (TPSA) is 29.1 Å². The van der Waals surface area contributed by atoms with E-state index in [1.807, 2.05) is 0 Å². The molecule has 0 radical (unpaired) electrons. The molecule has 1 N–H and O–H groups in total. The number of carbonyl (C=O) groups excluding carboxylic acids is 1. The molecule has 0 aromatic rings. The van der Waals surface area contributed by atoms with Crippen LogP contribution in [0.4, 0.5) is 4.39 Å². The second kappa shape index (κ2) is 2.92. The summed E-state index contributed by atoms with van der Waals surface area (Å²) >= 11 is 0. The van der Waals surface area contributed by atoms with Crippen LogP contribution in [-0.2, 0) is 4.79 Å². The fourth-order valence-corrected chi connectivity index (χ4v) is 0.890. The smallest absolute Gasteiger partial charge is 0.180 e. The number of nitrogens with one attached hydrogen (secondary N) is 1. The van der Waals surface area contributed by atoms with Crippen LogP contribution in [0.2, 0.25) is 0 Å². The zero-order chi connectivity index (χ0) is 6.69. The molecule has 0 aromatic heterocycles. The fourth-order valence-electron chi connectivity index (χ4n) is 0.890. The van der Waals surface area contributed by atoms with E-state index in [-0.39, 0.29) is 12.3 Å². The Bertz CT molecular complexity index is 116. The van der Waals surface area contributed by atoms with Gasteiger partial charge in [-0.15, -0.1) is 0 Å². The summed E-state index contributed by atoms with van der Waals surface area (Å²) < 4.78 is 12.4. The van der Waals surface area contributed by atoms with Crippen LogP contribution < -0.4 is 5.32 Å². The lowest BCUT2D eigenvalue weighted by atomic mass is 10.2. The Labute approximate surface area is 53.4 Å². The summed E-state index contributed by atoms with van der Waals surface area (Å²) in [7, 11) is 0. The minimum atomic E-state index is -1.21. The highest BCUT2D eigenvalue weighted by Crippen LogP contribution is 2.04. The fraction of sp³-hybridized carbons (Fsp3) is 0.833. The van der Waals surface area contributed by atoms with Crippen molar-refractivity contribution in [2.75, 3.05) is 13.1 Å². The van der Waals surface area contributed by atoms with Crippen LogP contribution in [-0.4, -0.2) is 25.0 Å². The zero-order valence-corrected chi connectivity index (χ0v) is 5.19. The van der Waals surface area contributed by atoms with Gasteiger partial charge in [0.2, 0.25) is 0 Å². The van der Waals surface area contributed by atoms with Crippen molar-refractivity contribution in [1.29, 1.82) is 0 Å². The third kappa shape index (κ3) is 1.75. The lowest BCUT2D eigenvalue weighted by Crippen LogP contribution is -2.25. The first kappa shape index (κ1) is 6.68. The summed E-state index contributed by atoms with van der Waals surface area (Å²) in [5.74, 6) is -0.299. The Morgan fingerprint density at radius 1 is 1.67 bits per heavy atom. The normalized spacial score (nSPS) is 29.9. The first-order valence-electron chi connectivity index (χ1n) is 3.18. The van der Waals surface area contributed by atoms with Crippen LogP contribution in [0.1, 0.15) is 12.8 Å². The number of rotatable bonds is 0. The molecule has 1 atom stereocenters. The Kier molecular flexibility index (Phi) is 2.16. The number of halogens is 1. The highest BCUT2D eigenvalue weighted by Gasteiger charge is 2.18. The predicted octanol–water partition coefficient (Wildman–Crippen LogP) is 0.277. The van der Waals surface area contributed by atoms with Gasteiger partial charge in [0.05, 0.1) is 6.54 Å². The van der Waals surface area contributed by atoms with E-state index in [0.717, 1.165) is 13.0 Å². The molecule has 0 saturated carbocycles. The lowest BCUT2D eigenvalue weighted by molar-refractivity contribution is -0.122. The largest absolute Gasteiger partial charge is 0.310 e. The quantitative estimate of drug-likeness (QED) is 0.511. The third-order valence-corrected chi connectivity index (χ3v) is 1.46. The number of Topliss-reactive ketones (excluding diaryl/α,β-unsaturated/α-hetero) is 1. The van der Waals surface area contributed by atoms with E-state index in [0.29, 0.717) is 6.42 Å². The van der Waals surface area contributed by atoms with Gasteiger partial charge in [-0.25, -0.2) is 4.39 Å². The summed E-state index contributed by atoms with van der Waals surface area (Å²) in [5.41, 5.74) is 0. The lowest BCUT2D eigenvalue weighted by Gasteiger charge is -1.97. The Morgan fingerprint density at radius 2 is 2.44 bits per heavy atom. The molecule has 0 unspecified atom stereocenters. The molecule has 0 aromatic carbocycles. The molecule has 1 aliphatic heterocycles. The van der Waals surface area contributed by atoms with Gasteiger partial charge in [-0.1, -0.05) is 0 Å². The van der Waals surface area contributed by atoms with Crippen molar-refractivity contribution in [1.82, 2.24) is 5.32 Å². The molecule has 1 fully saturated rings. The molecule has 2 nitrogen and oxygen atoms in total. The molecular formula is C6H10FNO. The van der Waals surface area contributed by atoms with E-state index in [4.69, 9.17) is 0 Å². The summed E-state index contributed by atoms with van der Waals surface area (Å²) in [5, 5.41) is 2.84. The van der Waals surface area contributed by atoms with E-state index >= 15 is 0 Å². The van der Waals surface area contributed by atoms with Gasteiger partial charge in [-0.2, -0.15) is 0 Å². The molecule has 1 rings (SSSR count). The van der Waals surface area contributed by atoms with Gasteiger partial charge in [-0.05, 0) is 19.4 Å². The maximum atomic E-state index is 12.4. The van der Waals surface area contributed by atoms with Gasteiger partial charge in [0, 0.05) is 0 Å². The third-order valence-electron chi connectivity index (χ3n) is 1.46. The van der Waals surface area contributed by atoms with Crippen LogP contribution in [0, 0.1) is 0 Å². The van der Waals surface area contributed by atoms with Gasteiger partial charge < -0.3 is 5.32 Å². The maximum absolute atomic E-state index is 12.4. The van der Waals surface area contributed by atoms with E-state index in [1.165, 1.54) is 0 Å². The Morgan fingerprint density at radius 3 is 3.22 bits per heavy atom. The molecular weight excluding hydrogens is 121 g/mol. The van der Waals surface area contributed by atoms with Crippen molar-refractivity contribution in [2.45, 2.75) is 19.0 Å². The number of hydrogen-bond acceptors (Lipinski definition) is 2. The van der Waals surface area contributed by atoms with Gasteiger partial charge in [0.1, 0.15) is 0 Å². The van der Waals surface area contributed by atoms with Crippen molar-refractivity contribution < 1.29 is 9.18 Å². The number of alkyl halides is 1. The van der Waals surface area contributed by atoms with Crippen molar-refractivity contribution >= 4 is 5.78 Å². The molecule has 0 bridgehead atoms. The SMILES string of the molecule is O=C1CNCCC[C@@H]1F. The van der Waals surface area contributed by atoms with Crippen LogP contribution in [0.25, 0.3) is 0 Å². The molecule has 3 heteroatoms. The highest BCUT2D eigenvalue weighted by atomic mass is 19.1. The number of ketones is 1. The number of carbonyl (C=O) groups is 1. The molecule has 0 amide bonds. The van der Waals surface area contributed by atoms with Gasteiger partial charge in [0.15, 0.2) is 12.0 Å². The maximum Gasteiger partial charge on any atom is 0.180 e. The molecule has 52 valence electrons. The van der Waals surface area contributed by atoms with Crippen LogP contribution in [0.5, 0.6) is 0 Å². The second-order valence-electron chi connectivity index (χ2n) is 2.25. The monoisotopic (exact) mass is 131 g/mol. The molecule has 1 saturated heterocycles. The van der Waals surface area contributed by atoms with Crippen LogP contribution >= 0.6 is 0 Å². The van der Waals surface area contributed by atoms with Crippen molar-refractivity contribution in [2.24, 2.45) is 0 Å². The highest BCUT2D eigenvalue weighted by molar-refractivity contribution is 5.85. The van der Waals surface area contributed by atoms with Crippen molar-refractivity contribution in [3.05, 3.63) is 0 Å². The molecule has 9 heavy (non-hydrogen) atoms. The minimum Gasteiger partial charge on any atom is -0.310 e. The molecule has 1 heterocycles. The van der Waals surface area contributed by atoms with Gasteiger partial charge in [-0.3, -0.25) is 4.79 Å². The van der Waals surface area contributed by atoms with E-state index in [1.54, 1.807) is 0 Å². The zero-order valence-electron chi connectivity index (χ0n) is 5.19. The van der Waals surface area contributed by atoms with E-state index in [2.05, 4.69) is 5.32 Å². The van der Waals surface area contributed by atoms with Gasteiger partial charge >= 0.3 is 0 Å². The number of hydrogen-bond donors (Lipinski definition) is 1. The van der Waals surface area contributed by atoms with Crippen molar-refractivity contribution in [3.8, 4) is 0 Å². The molecule has 0 aliphatic carbocycles. The first-order chi connectivity index (χ1) is 4.30. The summed E-state index contributed by atoms with van der Waals surface area (Å²) in [6.07, 6.45) is -0.0429. The Balaban J connectivity index is 2.41.